The summed E-state index contributed by atoms with van der Waals surface area (Å²) in [7, 11) is 0. The van der Waals surface area contributed by atoms with Gasteiger partial charge in [0.15, 0.2) is 5.82 Å². The molecule has 6 heteroatoms. The van der Waals surface area contributed by atoms with Crippen molar-refractivity contribution in [3.8, 4) is 0 Å². The van der Waals surface area contributed by atoms with Gasteiger partial charge >= 0.3 is 5.97 Å². The lowest BCUT2D eigenvalue weighted by Crippen LogP contribution is -2.40. The molecule has 0 bridgehead atoms. The molecule has 1 amide bonds. The fourth-order valence-corrected chi connectivity index (χ4v) is 1.64. The second-order valence-corrected chi connectivity index (χ2v) is 4.16. The van der Waals surface area contributed by atoms with Crippen LogP contribution in [-0.2, 0) is 4.79 Å². The number of hydrogen-bond donors (Lipinski definition) is 2. The van der Waals surface area contributed by atoms with Crippen molar-refractivity contribution in [2.24, 2.45) is 0 Å². The first-order chi connectivity index (χ1) is 8.47. The SMILES string of the molecule is CCC[C@H](NC(=O)c1cccc(Cl)c1F)C(=O)O. The van der Waals surface area contributed by atoms with Gasteiger partial charge in [-0.1, -0.05) is 31.0 Å². The molecule has 0 aromatic heterocycles. The lowest BCUT2D eigenvalue weighted by molar-refractivity contribution is -0.139. The second-order valence-electron chi connectivity index (χ2n) is 3.75. The maximum Gasteiger partial charge on any atom is 0.326 e. The van der Waals surface area contributed by atoms with Crippen molar-refractivity contribution in [1.82, 2.24) is 5.32 Å². The van der Waals surface area contributed by atoms with Crippen LogP contribution in [0, 0.1) is 5.82 Å². The molecule has 0 aliphatic heterocycles. The normalized spacial score (nSPS) is 11.9. The molecular weight excluding hydrogens is 261 g/mol. The van der Waals surface area contributed by atoms with Crippen molar-refractivity contribution >= 4 is 23.5 Å². The van der Waals surface area contributed by atoms with E-state index >= 15 is 0 Å². The van der Waals surface area contributed by atoms with Crippen molar-refractivity contribution in [1.29, 1.82) is 0 Å². The molecule has 0 aliphatic carbocycles. The van der Waals surface area contributed by atoms with Gasteiger partial charge in [-0.05, 0) is 18.6 Å². The van der Waals surface area contributed by atoms with Gasteiger partial charge in [0.25, 0.3) is 5.91 Å². The van der Waals surface area contributed by atoms with Gasteiger partial charge in [-0.15, -0.1) is 0 Å². The van der Waals surface area contributed by atoms with Crippen LogP contribution >= 0.6 is 11.6 Å². The Morgan fingerprint density at radius 1 is 1.50 bits per heavy atom. The third kappa shape index (κ3) is 3.43. The number of hydrogen-bond acceptors (Lipinski definition) is 2. The minimum absolute atomic E-state index is 0.176. The zero-order chi connectivity index (χ0) is 13.7. The van der Waals surface area contributed by atoms with Crippen LogP contribution in [-0.4, -0.2) is 23.0 Å². The Labute approximate surface area is 109 Å². The van der Waals surface area contributed by atoms with Gasteiger partial charge in [0.05, 0.1) is 10.6 Å². The summed E-state index contributed by atoms with van der Waals surface area (Å²) >= 11 is 5.55. The maximum absolute atomic E-state index is 13.5. The van der Waals surface area contributed by atoms with Crippen molar-refractivity contribution in [2.75, 3.05) is 0 Å². The highest BCUT2D eigenvalue weighted by atomic mass is 35.5. The topological polar surface area (TPSA) is 66.4 Å². The molecule has 4 nitrogen and oxygen atoms in total. The number of amides is 1. The summed E-state index contributed by atoms with van der Waals surface area (Å²) in [5.41, 5.74) is -0.259. The fourth-order valence-electron chi connectivity index (χ4n) is 1.46. The third-order valence-electron chi connectivity index (χ3n) is 2.38. The van der Waals surface area contributed by atoms with Gasteiger partial charge in [0, 0.05) is 0 Å². The summed E-state index contributed by atoms with van der Waals surface area (Å²) in [6.45, 7) is 1.79. The summed E-state index contributed by atoms with van der Waals surface area (Å²) in [6, 6.07) is 2.96. The average molecular weight is 274 g/mol. The number of carboxylic acid groups (broad SMARTS) is 1. The Hall–Kier alpha value is -1.62. The monoisotopic (exact) mass is 273 g/mol. The average Bonchev–Trinajstić information content (AvgIpc) is 2.31. The first kappa shape index (κ1) is 14.4. The number of carbonyl (C=O) groups excluding carboxylic acids is 1. The molecule has 0 aliphatic rings. The summed E-state index contributed by atoms with van der Waals surface area (Å²) in [6.07, 6.45) is 0.874. The van der Waals surface area contributed by atoms with Gasteiger partial charge in [0.2, 0.25) is 0 Å². The van der Waals surface area contributed by atoms with E-state index in [2.05, 4.69) is 5.32 Å². The zero-order valence-electron chi connectivity index (χ0n) is 9.74. The quantitative estimate of drug-likeness (QED) is 0.866. The van der Waals surface area contributed by atoms with E-state index in [1.54, 1.807) is 6.92 Å². The number of halogens is 2. The zero-order valence-corrected chi connectivity index (χ0v) is 10.5. The Kier molecular flexibility index (Phi) is 5.09. The minimum atomic E-state index is -1.15. The molecular formula is C12H13ClFNO3. The molecule has 1 atom stereocenters. The molecule has 1 aromatic carbocycles. The Morgan fingerprint density at radius 3 is 2.72 bits per heavy atom. The Bertz CT molecular complexity index is 465. The predicted molar refractivity (Wildman–Crippen MR) is 65.2 cm³/mol. The smallest absolute Gasteiger partial charge is 0.326 e. The van der Waals surface area contributed by atoms with E-state index in [1.807, 2.05) is 0 Å². The number of benzene rings is 1. The molecule has 0 spiro atoms. The summed E-state index contributed by atoms with van der Waals surface area (Å²) in [5, 5.41) is 11.0. The largest absolute Gasteiger partial charge is 0.480 e. The molecule has 98 valence electrons. The van der Waals surface area contributed by atoms with Crippen molar-refractivity contribution in [2.45, 2.75) is 25.8 Å². The van der Waals surface area contributed by atoms with Crippen LogP contribution in [0.5, 0.6) is 0 Å². The molecule has 1 rings (SSSR count). The van der Waals surface area contributed by atoms with E-state index in [0.717, 1.165) is 0 Å². The van der Waals surface area contributed by atoms with Crippen LogP contribution in [0.15, 0.2) is 18.2 Å². The lowest BCUT2D eigenvalue weighted by atomic mass is 10.1. The lowest BCUT2D eigenvalue weighted by Gasteiger charge is -2.13. The summed E-state index contributed by atoms with van der Waals surface area (Å²) in [5.74, 6) is -2.78. The van der Waals surface area contributed by atoms with Crippen molar-refractivity contribution in [3.05, 3.63) is 34.6 Å². The number of rotatable bonds is 5. The van der Waals surface area contributed by atoms with Crippen LogP contribution < -0.4 is 5.32 Å². The first-order valence-corrected chi connectivity index (χ1v) is 5.82. The van der Waals surface area contributed by atoms with E-state index in [9.17, 15) is 14.0 Å². The van der Waals surface area contributed by atoms with Crippen molar-refractivity contribution < 1.29 is 19.1 Å². The second kappa shape index (κ2) is 6.35. The molecule has 0 saturated carbocycles. The van der Waals surface area contributed by atoms with E-state index in [4.69, 9.17) is 16.7 Å². The van der Waals surface area contributed by atoms with E-state index < -0.39 is 23.7 Å². The molecule has 0 unspecified atom stereocenters. The number of carboxylic acids is 1. The maximum atomic E-state index is 13.5. The first-order valence-electron chi connectivity index (χ1n) is 5.45. The minimum Gasteiger partial charge on any atom is -0.480 e. The fraction of sp³-hybridized carbons (Fsp3) is 0.333. The van der Waals surface area contributed by atoms with Crippen molar-refractivity contribution in [3.63, 3.8) is 0 Å². The van der Waals surface area contributed by atoms with Crippen LogP contribution in [0.2, 0.25) is 5.02 Å². The molecule has 0 heterocycles. The highest BCUT2D eigenvalue weighted by Crippen LogP contribution is 2.17. The van der Waals surface area contributed by atoms with Crippen LogP contribution in [0.1, 0.15) is 30.1 Å². The standard InChI is InChI=1S/C12H13ClFNO3/c1-2-4-9(12(17)18)15-11(16)7-5-3-6-8(13)10(7)14/h3,5-6,9H,2,4H2,1H3,(H,15,16)(H,17,18)/t9-/m0/s1. The van der Waals surface area contributed by atoms with Gasteiger partial charge in [-0.2, -0.15) is 0 Å². The number of aliphatic carboxylic acids is 1. The molecule has 2 N–H and O–H groups in total. The van der Waals surface area contributed by atoms with Gasteiger partial charge in [-0.25, -0.2) is 9.18 Å². The van der Waals surface area contributed by atoms with Crippen LogP contribution in [0.3, 0.4) is 0 Å². The highest BCUT2D eigenvalue weighted by molar-refractivity contribution is 6.31. The Balaban J connectivity index is 2.87. The van der Waals surface area contributed by atoms with Gasteiger partial charge < -0.3 is 10.4 Å². The summed E-state index contributed by atoms with van der Waals surface area (Å²) in [4.78, 5) is 22.6. The van der Waals surface area contributed by atoms with Gasteiger partial charge in [-0.3, -0.25) is 4.79 Å². The highest BCUT2D eigenvalue weighted by Gasteiger charge is 2.21. The molecule has 0 fully saturated rings. The number of carbonyl (C=O) groups is 2. The Morgan fingerprint density at radius 2 is 2.17 bits per heavy atom. The van der Waals surface area contributed by atoms with E-state index in [0.29, 0.717) is 6.42 Å². The van der Waals surface area contributed by atoms with Crippen LogP contribution in [0.25, 0.3) is 0 Å². The van der Waals surface area contributed by atoms with Gasteiger partial charge in [0.1, 0.15) is 6.04 Å². The molecule has 18 heavy (non-hydrogen) atoms. The van der Waals surface area contributed by atoms with E-state index in [1.165, 1.54) is 18.2 Å². The predicted octanol–water partition coefficient (Wildman–Crippen LogP) is 2.46. The molecule has 1 aromatic rings. The molecule has 0 radical (unpaired) electrons. The third-order valence-corrected chi connectivity index (χ3v) is 2.67. The number of nitrogens with one attached hydrogen (secondary N) is 1. The molecule has 0 saturated heterocycles. The van der Waals surface area contributed by atoms with Crippen LogP contribution in [0.4, 0.5) is 4.39 Å². The van der Waals surface area contributed by atoms with E-state index in [-0.39, 0.29) is 17.0 Å². The summed E-state index contributed by atoms with van der Waals surface area (Å²) < 4.78 is 13.5.